The molecule has 0 aliphatic heterocycles. The van der Waals surface area contributed by atoms with Crippen molar-refractivity contribution in [1.29, 1.82) is 0 Å². The molecule has 0 saturated carbocycles. The molecular weight excluding hydrogens is 412 g/mol. The first-order valence-electron chi connectivity index (χ1n) is 6.82. The third-order valence-electron chi connectivity index (χ3n) is 3.28. The van der Waals surface area contributed by atoms with E-state index in [-0.39, 0.29) is 9.46 Å². The van der Waals surface area contributed by atoms with Crippen LogP contribution in [0.5, 0.6) is 23.5 Å². The number of hydrogen-bond acceptors (Lipinski definition) is 10. The Balaban J connectivity index is 2.73. The lowest BCUT2D eigenvalue weighted by Gasteiger charge is -2.31. The molecule has 2 atom stereocenters. The molecule has 0 radical (unpaired) electrons. The number of aromatic hydroxyl groups is 4. The average molecular weight is 424 g/mol. The second-order valence-corrected chi connectivity index (χ2v) is 6.61. The molecule has 2 aromatic heterocycles. The van der Waals surface area contributed by atoms with Crippen LogP contribution < -0.4 is 9.68 Å². The minimum atomic E-state index is -6.06. The van der Waals surface area contributed by atoms with Gasteiger partial charge in [0.2, 0.25) is 23.5 Å². The van der Waals surface area contributed by atoms with Crippen LogP contribution in [-0.2, 0) is 19.7 Å². The Morgan fingerprint density at radius 2 is 1.29 bits per heavy atom. The summed E-state index contributed by atoms with van der Waals surface area (Å²) in [5, 5.41) is 56.8. The van der Waals surface area contributed by atoms with Crippen LogP contribution in [0.4, 0.5) is 0 Å². The summed E-state index contributed by atoms with van der Waals surface area (Å²) in [6, 6.07) is 2.97. The van der Waals surface area contributed by atoms with E-state index < -0.39 is 56.6 Å². The molecule has 0 aliphatic carbocycles. The van der Waals surface area contributed by atoms with Crippen LogP contribution in [0.1, 0.15) is 0 Å². The molecule has 0 bridgehead atoms. The van der Waals surface area contributed by atoms with Gasteiger partial charge in [0.25, 0.3) is 6.10 Å². The normalized spacial score (nSPS) is 14.8. The van der Waals surface area contributed by atoms with E-state index in [0.29, 0.717) is 12.1 Å². The van der Waals surface area contributed by atoms with Gasteiger partial charge in [0.05, 0.1) is 0 Å². The first-order valence-corrected chi connectivity index (χ1v) is 8.26. The topological polar surface area (TPSA) is 238 Å². The Hall–Kier alpha value is -3.79. The summed E-state index contributed by atoms with van der Waals surface area (Å²) >= 11 is 0. The lowest BCUT2D eigenvalue weighted by molar-refractivity contribution is -0.187. The highest BCUT2D eigenvalue weighted by Gasteiger charge is 2.67. The van der Waals surface area contributed by atoms with E-state index in [1.54, 1.807) is 0 Å². The van der Waals surface area contributed by atoms with Crippen LogP contribution in [0.3, 0.4) is 0 Å². The van der Waals surface area contributed by atoms with E-state index in [9.17, 15) is 53.2 Å². The molecule has 154 valence electrons. The van der Waals surface area contributed by atoms with E-state index in [1.807, 2.05) is 0 Å². The molecule has 2 heterocycles. The Morgan fingerprint density at radius 1 is 0.893 bits per heavy atom. The Labute approximate surface area is 154 Å². The number of carbonyl (C=O) groups is 2. The fraction of sp³-hybridized carbons (Fsp3) is 0.167. The number of rotatable bonds is 8. The quantitative estimate of drug-likeness (QED) is 0.223. The van der Waals surface area contributed by atoms with Gasteiger partial charge >= 0.3 is 27.0 Å². The molecule has 28 heavy (non-hydrogen) atoms. The Morgan fingerprint density at radius 3 is 1.61 bits per heavy atom. The predicted molar refractivity (Wildman–Crippen MR) is 82.0 cm³/mol. The number of aromatic nitrogens is 2. The number of aliphatic carboxylic acids is 2. The van der Waals surface area contributed by atoms with Gasteiger partial charge in [-0.15, -0.1) is 9.46 Å². The average Bonchev–Trinajstić information content (AvgIpc) is 3.04. The molecule has 15 nitrogen and oxygen atoms in total. The van der Waals surface area contributed by atoms with Gasteiger partial charge in [-0.2, -0.15) is 8.42 Å². The van der Waals surface area contributed by atoms with Gasteiger partial charge in [0.15, 0.2) is 0 Å². The highest BCUT2D eigenvalue weighted by molar-refractivity contribution is 7.88. The molecule has 2 aromatic rings. The van der Waals surface area contributed by atoms with Gasteiger partial charge in [-0.1, -0.05) is 0 Å². The van der Waals surface area contributed by atoms with E-state index >= 15 is 0 Å². The third kappa shape index (κ3) is 3.16. The van der Waals surface area contributed by atoms with Crippen LogP contribution in [0, 0.1) is 0 Å². The van der Waals surface area contributed by atoms with Crippen LogP contribution in [0.15, 0.2) is 24.3 Å². The van der Waals surface area contributed by atoms with Crippen LogP contribution in [-0.4, -0.2) is 76.0 Å². The Kier molecular flexibility index (Phi) is 4.94. The largest absolute Gasteiger partial charge is 0.492 e. The van der Waals surface area contributed by atoms with E-state index in [0.717, 1.165) is 12.1 Å². The van der Waals surface area contributed by atoms with Crippen LogP contribution in [0.2, 0.25) is 0 Å². The van der Waals surface area contributed by atoms with Gasteiger partial charge in [-0.05, 0) is 0 Å². The lowest BCUT2D eigenvalue weighted by Crippen LogP contribution is -2.67. The molecule has 2 unspecified atom stereocenters. The molecule has 0 aliphatic rings. The second-order valence-electron chi connectivity index (χ2n) is 5.05. The summed E-state index contributed by atoms with van der Waals surface area (Å²) in [5.41, 5.74) is 0. The van der Waals surface area contributed by atoms with Crippen LogP contribution >= 0.6 is 0 Å². The van der Waals surface area contributed by atoms with Crippen molar-refractivity contribution >= 4 is 22.1 Å². The van der Waals surface area contributed by atoms with Gasteiger partial charge in [-0.25, -0.2) is 9.59 Å². The number of hydrogen-bond donors (Lipinski definition) is 7. The van der Waals surface area contributed by atoms with Crippen molar-refractivity contribution in [1.82, 2.24) is 9.46 Å². The summed E-state index contributed by atoms with van der Waals surface area (Å²) < 4.78 is 33.0. The molecule has 0 fully saturated rings. The van der Waals surface area contributed by atoms with Gasteiger partial charge < -0.3 is 40.3 Å². The molecule has 2 rings (SSSR count). The maximum absolute atomic E-state index is 11.9. The summed E-state index contributed by atoms with van der Waals surface area (Å²) in [5.74, 6) is -9.14. The van der Waals surface area contributed by atoms with E-state index in [1.165, 1.54) is 0 Å². The lowest BCUT2D eigenvalue weighted by atomic mass is 10.2. The zero-order chi connectivity index (χ0) is 21.4. The summed E-state index contributed by atoms with van der Waals surface area (Å²) in [4.78, 5) is 28.1. The minimum absolute atomic E-state index is 0.0691. The molecular formula is C12H12N2O13S. The molecule has 0 aromatic carbocycles. The second kappa shape index (κ2) is 6.74. The summed E-state index contributed by atoms with van der Waals surface area (Å²) in [6.45, 7) is 0. The maximum atomic E-state index is 11.9. The zero-order valence-electron chi connectivity index (χ0n) is 13.3. The number of carboxylic acid groups (broad SMARTS) is 2. The first kappa shape index (κ1) is 20.5. The Bertz CT molecular complexity index is 983. The standard InChI is InChI=1S/C12H12N2O13S/c15-5-1-2-6(16)13(5)26-9(10(19)20)12(11(21)22,28(23,24)25)27-14-7(17)3-4-8(14)18/h1-4,9,15-18H,(H,19,20)(H,21,22)(H,23,24,25). The van der Waals surface area contributed by atoms with Crippen molar-refractivity contribution in [2.75, 3.05) is 0 Å². The van der Waals surface area contributed by atoms with Crippen LogP contribution in [0.25, 0.3) is 0 Å². The molecule has 7 N–H and O–H groups in total. The number of carboxylic acids is 2. The smallest absolute Gasteiger partial charge is 0.402 e. The minimum Gasteiger partial charge on any atom is -0.492 e. The van der Waals surface area contributed by atoms with E-state index in [2.05, 4.69) is 9.68 Å². The molecule has 16 heteroatoms. The monoisotopic (exact) mass is 424 g/mol. The van der Waals surface area contributed by atoms with Crippen molar-refractivity contribution in [2.24, 2.45) is 0 Å². The van der Waals surface area contributed by atoms with Gasteiger partial charge in [0, 0.05) is 24.3 Å². The summed E-state index contributed by atoms with van der Waals surface area (Å²) in [7, 11) is -6.06. The van der Waals surface area contributed by atoms with Gasteiger partial charge in [-0.3, -0.25) is 4.55 Å². The third-order valence-corrected chi connectivity index (χ3v) is 4.51. The van der Waals surface area contributed by atoms with Crippen molar-refractivity contribution in [3.8, 4) is 23.5 Å². The fourth-order valence-electron chi connectivity index (χ4n) is 2.01. The summed E-state index contributed by atoms with van der Waals surface area (Å²) in [6.07, 6.45) is -3.20. The molecule has 0 spiro atoms. The maximum Gasteiger partial charge on any atom is 0.402 e. The molecule has 0 amide bonds. The van der Waals surface area contributed by atoms with Crippen molar-refractivity contribution in [3.05, 3.63) is 24.3 Å². The van der Waals surface area contributed by atoms with Gasteiger partial charge in [0.1, 0.15) is 0 Å². The number of nitrogens with zero attached hydrogens (tertiary/aromatic N) is 2. The van der Waals surface area contributed by atoms with Crippen molar-refractivity contribution < 1.29 is 62.9 Å². The predicted octanol–water partition coefficient (Wildman–Crippen LogP) is -2.21. The van der Waals surface area contributed by atoms with Crippen molar-refractivity contribution in [2.45, 2.75) is 11.0 Å². The first-order chi connectivity index (χ1) is 12.8. The zero-order valence-corrected chi connectivity index (χ0v) is 14.1. The highest BCUT2D eigenvalue weighted by Crippen LogP contribution is 2.30. The fourth-order valence-corrected chi connectivity index (χ4v) is 2.82. The molecule has 0 saturated heterocycles. The highest BCUT2D eigenvalue weighted by atomic mass is 32.2. The SMILES string of the molecule is O=C(O)C(On1c(O)ccc1O)C(On1c(O)ccc1O)(C(=O)O)S(=O)(=O)O. The van der Waals surface area contributed by atoms with Crippen molar-refractivity contribution in [3.63, 3.8) is 0 Å². The van der Waals surface area contributed by atoms with E-state index in [4.69, 9.17) is 0 Å².